The molecule has 0 bridgehead atoms. The van der Waals surface area contributed by atoms with Crippen LogP contribution in [0.2, 0.25) is 0 Å². The predicted molar refractivity (Wildman–Crippen MR) is 201 cm³/mol. The highest BCUT2D eigenvalue weighted by Crippen LogP contribution is 2.42. The van der Waals surface area contributed by atoms with Crippen molar-refractivity contribution in [3.63, 3.8) is 0 Å². The molecule has 10 rings (SSSR count). The minimum Gasteiger partial charge on any atom is -0.455 e. The molecule has 0 unspecified atom stereocenters. The topological polar surface area (TPSA) is 51.8 Å². The van der Waals surface area contributed by atoms with E-state index >= 15 is 0 Å². The van der Waals surface area contributed by atoms with Gasteiger partial charge in [-0.3, -0.25) is 0 Å². The van der Waals surface area contributed by atoms with Gasteiger partial charge in [-0.1, -0.05) is 146 Å². The van der Waals surface area contributed by atoms with E-state index in [9.17, 15) is 0 Å². The number of rotatable bonds is 4. The first-order valence-corrected chi connectivity index (χ1v) is 16.4. The first kappa shape index (κ1) is 27.5. The van der Waals surface area contributed by atoms with E-state index in [0.717, 1.165) is 65.7 Å². The van der Waals surface area contributed by atoms with Crippen molar-refractivity contribution < 1.29 is 4.42 Å². The fourth-order valence-electron chi connectivity index (χ4n) is 7.04. The SMILES string of the molecule is c1ccc(-c2nc(-c3ccc(-c4ccc5ccccc5c4)cc3)nc(-c3cc4ccccc4c4c3oc3c5ccccc5ccc34)n2)cc1. The summed E-state index contributed by atoms with van der Waals surface area (Å²) in [5.74, 6) is 1.79. The molecule has 0 radical (unpaired) electrons. The van der Waals surface area contributed by atoms with Crippen LogP contribution >= 0.6 is 0 Å². The highest BCUT2D eigenvalue weighted by Gasteiger charge is 2.21. The van der Waals surface area contributed by atoms with Crippen LogP contribution in [0.25, 0.3) is 99.5 Å². The molecule has 0 spiro atoms. The zero-order valence-electron chi connectivity index (χ0n) is 26.3. The Kier molecular flexibility index (Phi) is 6.15. The summed E-state index contributed by atoms with van der Waals surface area (Å²) in [5, 5.41) is 9.06. The third-order valence-corrected chi connectivity index (χ3v) is 9.49. The van der Waals surface area contributed by atoms with Gasteiger partial charge in [0, 0.05) is 27.3 Å². The summed E-state index contributed by atoms with van der Waals surface area (Å²) in [6.07, 6.45) is 0. The largest absolute Gasteiger partial charge is 0.455 e. The van der Waals surface area contributed by atoms with Crippen molar-refractivity contribution in [1.29, 1.82) is 0 Å². The maximum Gasteiger partial charge on any atom is 0.167 e. The first-order chi connectivity index (χ1) is 24.3. The molecule has 0 saturated carbocycles. The molecule has 2 aromatic heterocycles. The number of hydrogen-bond acceptors (Lipinski definition) is 4. The molecule has 0 atom stereocenters. The first-order valence-electron chi connectivity index (χ1n) is 16.4. The zero-order chi connectivity index (χ0) is 32.3. The molecule has 228 valence electrons. The molecule has 8 aromatic carbocycles. The van der Waals surface area contributed by atoms with Crippen molar-refractivity contribution in [2.45, 2.75) is 0 Å². The predicted octanol–water partition coefficient (Wildman–Crippen LogP) is 11.9. The van der Waals surface area contributed by atoms with Crippen molar-refractivity contribution in [1.82, 2.24) is 15.0 Å². The van der Waals surface area contributed by atoms with Gasteiger partial charge in [-0.15, -0.1) is 0 Å². The molecular weight excluding hydrogens is 599 g/mol. The third-order valence-electron chi connectivity index (χ3n) is 9.49. The highest BCUT2D eigenvalue weighted by molar-refractivity contribution is 6.25. The molecule has 0 fully saturated rings. The average molecular weight is 626 g/mol. The Morgan fingerprint density at radius 1 is 0.327 bits per heavy atom. The summed E-state index contributed by atoms with van der Waals surface area (Å²) in [6.45, 7) is 0. The molecule has 0 aliphatic heterocycles. The fraction of sp³-hybridized carbons (Fsp3) is 0. The minimum atomic E-state index is 0.571. The number of aromatic nitrogens is 3. The van der Waals surface area contributed by atoms with E-state index in [2.05, 4.69) is 133 Å². The number of benzene rings is 8. The van der Waals surface area contributed by atoms with Gasteiger partial charge in [0.1, 0.15) is 11.2 Å². The van der Waals surface area contributed by atoms with Crippen molar-refractivity contribution in [3.05, 3.63) is 164 Å². The Morgan fingerprint density at radius 3 is 1.69 bits per heavy atom. The van der Waals surface area contributed by atoms with Crippen LogP contribution in [0.5, 0.6) is 0 Å². The quantitative estimate of drug-likeness (QED) is 0.195. The van der Waals surface area contributed by atoms with Crippen molar-refractivity contribution >= 4 is 54.3 Å². The van der Waals surface area contributed by atoms with Gasteiger partial charge < -0.3 is 4.42 Å². The molecular formula is C45H27N3O. The Balaban J connectivity index is 1.19. The zero-order valence-corrected chi connectivity index (χ0v) is 26.3. The van der Waals surface area contributed by atoms with Crippen LogP contribution in [0.3, 0.4) is 0 Å². The monoisotopic (exact) mass is 625 g/mol. The minimum absolute atomic E-state index is 0.571. The maximum absolute atomic E-state index is 6.85. The Hall–Kier alpha value is -6.65. The molecule has 4 nitrogen and oxygen atoms in total. The smallest absolute Gasteiger partial charge is 0.167 e. The van der Waals surface area contributed by atoms with Gasteiger partial charge >= 0.3 is 0 Å². The Bertz CT molecular complexity index is 2870. The third kappa shape index (κ3) is 4.57. The number of nitrogens with zero attached hydrogens (tertiary/aromatic N) is 3. The van der Waals surface area contributed by atoms with Gasteiger partial charge in [-0.25, -0.2) is 15.0 Å². The van der Waals surface area contributed by atoms with Gasteiger partial charge in [-0.05, 0) is 56.3 Å². The van der Waals surface area contributed by atoms with E-state index in [1.54, 1.807) is 0 Å². The normalized spacial score (nSPS) is 11.7. The second-order valence-electron chi connectivity index (χ2n) is 12.4. The molecule has 49 heavy (non-hydrogen) atoms. The van der Waals surface area contributed by atoms with Crippen LogP contribution in [-0.2, 0) is 0 Å². The highest BCUT2D eigenvalue weighted by atomic mass is 16.3. The summed E-state index contributed by atoms with van der Waals surface area (Å²) in [7, 11) is 0. The number of fused-ring (bicyclic) bond motifs is 8. The fourth-order valence-corrected chi connectivity index (χ4v) is 7.04. The van der Waals surface area contributed by atoms with Crippen molar-refractivity contribution in [3.8, 4) is 45.3 Å². The maximum atomic E-state index is 6.85. The summed E-state index contributed by atoms with van der Waals surface area (Å²) >= 11 is 0. The van der Waals surface area contributed by atoms with E-state index < -0.39 is 0 Å². The summed E-state index contributed by atoms with van der Waals surface area (Å²) in [5.41, 5.74) is 6.62. The van der Waals surface area contributed by atoms with Crippen LogP contribution in [-0.4, -0.2) is 15.0 Å². The van der Waals surface area contributed by atoms with Crippen molar-refractivity contribution in [2.24, 2.45) is 0 Å². The van der Waals surface area contributed by atoms with E-state index in [1.807, 2.05) is 30.3 Å². The lowest BCUT2D eigenvalue weighted by Crippen LogP contribution is -2.00. The second kappa shape index (κ2) is 11.0. The van der Waals surface area contributed by atoms with Crippen LogP contribution in [0.15, 0.2) is 168 Å². The molecule has 0 saturated heterocycles. The molecule has 0 N–H and O–H groups in total. The summed E-state index contributed by atoms with van der Waals surface area (Å²) < 4.78 is 6.85. The molecule has 0 amide bonds. The van der Waals surface area contributed by atoms with Crippen LogP contribution < -0.4 is 0 Å². The van der Waals surface area contributed by atoms with Crippen LogP contribution in [0.4, 0.5) is 0 Å². The van der Waals surface area contributed by atoms with Gasteiger partial charge in [0.05, 0.1) is 5.56 Å². The Labute approximate surface area is 282 Å². The standard InChI is InChI=1S/C45H27N3O/c1-2-12-31(13-3-1)43-46-44(32-21-18-29(19-22-32)34-23-20-28-10-4-5-14-33(28)26-34)48-45(47-43)39-27-35-15-7-8-16-36(35)40-38-25-24-30-11-6-9-17-37(30)41(38)49-42(39)40/h1-27H. The Morgan fingerprint density at radius 2 is 0.898 bits per heavy atom. The lowest BCUT2D eigenvalue weighted by Gasteiger charge is -2.11. The van der Waals surface area contributed by atoms with Gasteiger partial charge in [-0.2, -0.15) is 0 Å². The molecule has 0 aliphatic rings. The van der Waals surface area contributed by atoms with E-state index in [4.69, 9.17) is 19.4 Å². The molecule has 2 heterocycles. The lowest BCUT2D eigenvalue weighted by atomic mass is 9.98. The van der Waals surface area contributed by atoms with E-state index in [0.29, 0.717) is 17.5 Å². The summed E-state index contributed by atoms with van der Waals surface area (Å²) in [6, 6.07) is 56.9. The van der Waals surface area contributed by atoms with E-state index in [-0.39, 0.29) is 0 Å². The second-order valence-corrected chi connectivity index (χ2v) is 12.4. The van der Waals surface area contributed by atoms with Gasteiger partial charge in [0.25, 0.3) is 0 Å². The number of hydrogen-bond donors (Lipinski definition) is 0. The van der Waals surface area contributed by atoms with Crippen LogP contribution in [0.1, 0.15) is 0 Å². The van der Waals surface area contributed by atoms with E-state index in [1.165, 1.54) is 16.3 Å². The van der Waals surface area contributed by atoms with Gasteiger partial charge in [0.2, 0.25) is 0 Å². The van der Waals surface area contributed by atoms with Gasteiger partial charge in [0.15, 0.2) is 17.5 Å². The number of furan rings is 1. The summed E-state index contributed by atoms with van der Waals surface area (Å²) in [4.78, 5) is 15.3. The molecule has 4 heteroatoms. The lowest BCUT2D eigenvalue weighted by molar-refractivity contribution is 0.673. The molecule has 0 aliphatic carbocycles. The van der Waals surface area contributed by atoms with Crippen LogP contribution in [0, 0.1) is 0 Å². The molecule has 10 aromatic rings. The van der Waals surface area contributed by atoms with Crippen molar-refractivity contribution in [2.75, 3.05) is 0 Å². The average Bonchev–Trinajstić information content (AvgIpc) is 3.58.